The van der Waals surface area contributed by atoms with Crippen LogP contribution in [-0.4, -0.2) is 23.0 Å². The van der Waals surface area contributed by atoms with Gasteiger partial charge >= 0.3 is 0 Å². The molecule has 1 fully saturated rings. The summed E-state index contributed by atoms with van der Waals surface area (Å²) >= 11 is 0. The molecule has 0 saturated carbocycles. The second-order valence-electron chi connectivity index (χ2n) is 6.46. The van der Waals surface area contributed by atoms with Crippen LogP contribution >= 0.6 is 0 Å². The Morgan fingerprint density at radius 3 is 2.61 bits per heavy atom. The van der Waals surface area contributed by atoms with Crippen LogP contribution in [0.15, 0.2) is 30.3 Å². The Kier molecular flexibility index (Phi) is 4.45. The van der Waals surface area contributed by atoms with Crippen molar-refractivity contribution in [2.45, 2.75) is 39.7 Å². The predicted octanol–water partition coefficient (Wildman–Crippen LogP) is 4.39. The molecule has 3 rings (SSSR count). The molecule has 0 aliphatic carbocycles. The summed E-state index contributed by atoms with van der Waals surface area (Å²) in [7, 11) is 0. The minimum absolute atomic E-state index is 0.411. The van der Waals surface area contributed by atoms with Gasteiger partial charge in [-0.3, -0.25) is 9.88 Å². The number of nitrogens with zero attached hydrogens (tertiary/aromatic N) is 3. The summed E-state index contributed by atoms with van der Waals surface area (Å²) in [4.78, 5) is 7.16. The van der Waals surface area contributed by atoms with Gasteiger partial charge in [-0.25, -0.2) is 0 Å². The Bertz CT molecular complexity index is 752. The zero-order valence-corrected chi connectivity index (χ0v) is 14.1. The zero-order chi connectivity index (χ0) is 16.4. The number of rotatable bonds is 3. The van der Waals surface area contributed by atoms with Crippen LogP contribution in [-0.2, 0) is 0 Å². The van der Waals surface area contributed by atoms with E-state index in [-0.39, 0.29) is 0 Å². The molecule has 2 heterocycles. The summed E-state index contributed by atoms with van der Waals surface area (Å²) in [5.74, 6) is 0. The molecule has 0 bridgehead atoms. The van der Waals surface area contributed by atoms with Crippen LogP contribution in [0.25, 0.3) is 11.3 Å². The lowest BCUT2D eigenvalue weighted by molar-refractivity contribution is 0.263. The van der Waals surface area contributed by atoms with Gasteiger partial charge in [0.2, 0.25) is 0 Å². The second kappa shape index (κ2) is 6.52. The van der Waals surface area contributed by atoms with E-state index in [9.17, 15) is 5.26 Å². The summed E-state index contributed by atoms with van der Waals surface area (Å²) in [6.07, 6.45) is 2.59. The normalized spacial score (nSPS) is 16.3. The molecule has 1 aliphatic heterocycles. The molecule has 0 spiro atoms. The van der Waals surface area contributed by atoms with Crippen molar-refractivity contribution in [2.75, 3.05) is 13.1 Å². The molecule has 2 aromatic rings. The molecule has 3 heteroatoms. The standard InChI is InChI=1S/C20H23N3/c1-14-11-15(2)22-20(19(14)13-21)18-8-6-7-17(12-18)16(3)23-9-4-5-10-23/h6-8,11-12,16H,4-5,9-10H2,1-3H3/t16-/m0/s1. The molecular formula is C20H23N3. The van der Waals surface area contributed by atoms with E-state index in [0.717, 1.165) is 22.5 Å². The fourth-order valence-electron chi connectivity index (χ4n) is 3.47. The Labute approximate surface area is 138 Å². The number of aromatic nitrogens is 1. The SMILES string of the molecule is Cc1cc(C)c(C#N)c(-c2cccc([C@H](C)N3CCCC3)c2)n1. The number of nitriles is 1. The van der Waals surface area contributed by atoms with E-state index in [2.05, 4.69) is 47.1 Å². The van der Waals surface area contributed by atoms with Crippen molar-refractivity contribution >= 4 is 0 Å². The van der Waals surface area contributed by atoms with E-state index in [1.807, 2.05) is 19.9 Å². The number of hydrogen-bond acceptors (Lipinski definition) is 3. The lowest BCUT2D eigenvalue weighted by Gasteiger charge is -2.24. The van der Waals surface area contributed by atoms with Gasteiger partial charge in [0.15, 0.2) is 0 Å². The number of aryl methyl sites for hydroxylation is 2. The van der Waals surface area contributed by atoms with Crippen molar-refractivity contribution in [1.82, 2.24) is 9.88 Å². The van der Waals surface area contributed by atoms with E-state index in [1.165, 1.54) is 31.5 Å². The summed E-state index contributed by atoms with van der Waals surface area (Å²) in [6, 6.07) is 13.2. The molecular weight excluding hydrogens is 282 g/mol. The van der Waals surface area contributed by atoms with E-state index >= 15 is 0 Å². The van der Waals surface area contributed by atoms with Crippen LogP contribution in [0.2, 0.25) is 0 Å². The van der Waals surface area contributed by atoms with E-state index < -0.39 is 0 Å². The second-order valence-corrected chi connectivity index (χ2v) is 6.46. The Morgan fingerprint density at radius 1 is 1.17 bits per heavy atom. The van der Waals surface area contributed by atoms with Crippen molar-refractivity contribution in [2.24, 2.45) is 0 Å². The predicted molar refractivity (Wildman–Crippen MR) is 93.1 cm³/mol. The van der Waals surface area contributed by atoms with Gasteiger partial charge in [-0.1, -0.05) is 18.2 Å². The van der Waals surface area contributed by atoms with Crippen LogP contribution in [0.1, 0.15) is 48.2 Å². The van der Waals surface area contributed by atoms with Crippen molar-refractivity contribution in [3.63, 3.8) is 0 Å². The molecule has 0 N–H and O–H groups in total. The Morgan fingerprint density at radius 2 is 1.91 bits per heavy atom. The highest BCUT2D eigenvalue weighted by Crippen LogP contribution is 2.30. The minimum atomic E-state index is 0.411. The molecule has 1 aromatic heterocycles. The van der Waals surface area contributed by atoms with Crippen LogP contribution in [0.4, 0.5) is 0 Å². The minimum Gasteiger partial charge on any atom is -0.297 e. The average Bonchev–Trinajstić information content (AvgIpc) is 3.08. The summed E-state index contributed by atoms with van der Waals surface area (Å²) in [6.45, 7) is 8.58. The molecule has 118 valence electrons. The van der Waals surface area contributed by atoms with Crippen LogP contribution in [0.5, 0.6) is 0 Å². The molecule has 1 atom stereocenters. The van der Waals surface area contributed by atoms with Crippen molar-refractivity contribution < 1.29 is 0 Å². The zero-order valence-electron chi connectivity index (χ0n) is 14.1. The fourth-order valence-corrected chi connectivity index (χ4v) is 3.47. The molecule has 0 amide bonds. The Hall–Kier alpha value is -2.18. The number of hydrogen-bond donors (Lipinski definition) is 0. The number of pyridine rings is 1. The summed E-state index contributed by atoms with van der Waals surface area (Å²) < 4.78 is 0. The highest BCUT2D eigenvalue weighted by atomic mass is 15.2. The monoisotopic (exact) mass is 305 g/mol. The van der Waals surface area contributed by atoms with E-state index in [0.29, 0.717) is 11.6 Å². The van der Waals surface area contributed by atoms with E-state index in [4.69, 9.17) is 0 Å². The molecule has 1 aliphatic rings. The first-order valence-electron chi connectivity index (χ1n) is 8.33. The van der Waals surface area contributed by atoms with Crippen LogP contribution in [0, 0.1) is 25.2 Å². The summed E-state index contributed by atoms with van der Waals surface area (Å²) in [5, 5.41) is 9.50. The average molecular weight is 305 g/mol. The quantitative estimate of drug-likeness (QED) is 0.844. The van der Waals surface area contributed by atoms with Crippen molar-refractivity contribution in [3.8, 4) is 17.3 Å². The number of likely N-dealkylation sites (tertiary alicyclic amines) is 1. The van der Waals surface area contributed by atoms with Gasteiger partial charge < -0.3 is 0 Å². The van der Waals surface area contributed by atoms with Crippen molar-refractivity contribution in [1.29, 1.82) is 5.26 Å². The third-order valence-electron chi connectivity index (χ3n) is 4.79. The first-order valence-corrected chi connectivity index (χ1v) is 8.33. The van der Waals surface area contributed by atoms with Crippen LogP contribution in [0.3, 0.4) is 0 Å². The lowest BCUT2D eigenvalue weighted by atomic mass is 9.98. The summed E-state index contributed by atoms with van der Waals surface area (Å²) in [5.41, 5.74) is 5.77. The largest absolute Gasteiger partial charge is 0.297 e. The topological polar surface area (TPSA) is 39.9 Å². The first-order chi connectivity index (χ1) is 11.1. The van der Waals surface area contributed by atoms with Crippen LogP contribution < -0.4 is 0 Å². The van der Waals surface area contributed by atoms with E-state index in [1.54, 1.807) is 0 Å². The van der Waals surface area contributed by atoms with Gasteiger partial charge in [-0.15, -0.1) is 0 Å². The van der Waals surface area contributed by atoms with Gasteiger partial charge in [0, 0.05) is 17.3 Å². The third kappa shape index (κ3) is 3.13. The fraction of sp³-hybridized carbons (Fsp3) is 0.400. The van der Waals surface area contributed by atoms with Gasteiger partial charge in [-0.05, 0) is 70.0 Å². The van der Waals surface area contributed by atoms with Gasteiger partial charge in [0.25, 0.3) is 0 Å². The smallest absolute Gasteiger partial charge is 0.102 e. The molecule has 0 unspecified atom stereocenters. The maximum absolute atomic E-state index is 9.50. The molecule has 1 saturated heterocycles. The first kappa shape index (κ1) is 15.7. The van der Waals surface area contributed by atoms with Crippen molar-refractivity contribution in [3.05, 3.63) is 52.7 Å². The molecule has 1 aromatic carbocycles. The molecule has 0 radical (unpaired) electrons. The van der Waals surface area contributed by atoms with Gasteiger partial charge in [0.1, 0.15) is 6.07 Å². The Balaban J connectivity index is 2.02. The third-order valence-corrected chi connectivity index (χ3v) is 4.79. The molecule has 3 nitrogen and oxygen atoms in total. The highest BCUT2D eigenvalue weighted by Gasteiger charge is 2.20. The van der Waals surface area contributed by atoms with Gasteiger partial charge in [-0.2, -0.15) is 5.26 Å². The maximum atomic E-state index is 9.50. The highest BCUT2D eigenvalue weighted by molar-refractivity contribution is 5.69. The number of benzene rings is 1. The van der Waals surface area contributed by atoms with Gasteiger partial charge in [0.05, 0.1) is 11.3 Å². The molecule has 23 heavy (non-hydrogen) atoms. The lowest BCUT2D eigenvalue weighted by Crippen LogP contribution is -2.23. The maximum Gasteiger partial charge on any atom is 0.102 e.